The number of benzene rings is 1. The van der Waals surface area contributed by atoms with Crippen LogP contribution < -0.4 is 0 Å². The molecule has 25 heavy (non-hydrogen) atoms. The Morgan fingerprint density at radius 3 is 2.64 bits per heavy atom. The summed E-state index contributed by atoms with van der Waals surface area (Å²) in [6.07, 6.45) is 0. The lowest BCUT2D eigenvalue weighted by Crippen LogP contribution is -2.27. The van der Waals surface area contributed by atoms with Gasteiger partial charge in [-0.2, -0.15) is 0 Å². The third-order valence-corrected chi connectivity index (χ3v) is 5.59. The van der Waals surface area contributed by atoms with Gasteiger partial charge in [0.2, 0.25) is 5.91 Å². The predicted molar refractivity (Wildman–Crippen MR) is 102 cm³/mol. The number of thioether (sulfide) groups is 1. The maximum absolute atomic E-state index is 12.4. The van der Waals surface area contributed by atoms with E-state index in [2.05, 4.69) is 29.3 Å². The zero-order valence-electron chi connectivity index (χ0n) is 14.5. The summed E-state index contributed by atoms with van der Waals surface area (Å²) in [4.78, 5) is 15.3. The zero-order chi connectivity index (χ0) is 17.8. The summed E-state index contributed by atoms with van der Waals surface area (Å²) in [6, 6.07) is 12.2. The van der Waals surface area contributed by atoms with Gasteiger partial charge in [-0.1, -0.05) is 35.5 Å². The predicted octanol–water partition coefficient (Wildman–Crippen LogP) is 3.70. The molecule has 0 saturated heterocycles. The second-order valence-electron chi connectivity index (χ2n) is 5.82. The molecule has 0 aliphatic carbocycles. The number of rotatable bonds is 6. The van der Waals surface area contributed by atoms with Gasteiger partial charge in [0.1, 0.15) is 5.82 Å². The van der Waals surface area contributed by atoms with Crippen LogP contribution in [0.25, 0.3) is 5.69 Å². The second-order valence-corrected chi connectivity index (χ2v) is 7.79. The molecule has 0 fully saturated rings. The number of aryl methyl sites for hydroxylation is 2. The van der Waals surface area contributed by atoms with E-state index in [1.165, 1.54) is 22.2 Å². The molecule has 0 aliphatic rings. The molecular formula is C18H20N4OS2. The van der Waals surface area contributed by atoms with Crippen molar-refractivity contribution >= 4 is 29.0 Å². The number of thiophene rings is 1. The van der Waals surface area contributed by atoms with Crippen LogP contribution >= 0.6 is 23.1 Å². The van der Waals surface area contributed by atoms with Gasteiger partial charge in [0.25, 0.3) is 0 Å². The van der Waals surface area contributed by atoms with Gasteiger partial charge in [-0.15, -0.1) is 21.5 Å². The quantitative estimate of drug-likeness (QED) is 0.619. The van der Waals surface area contributed by atoms with Gasteiger partial charge in [-0.3, -0.25) is 9.36 Å². The Kier molecular flexibility index (Phi) is 5.55. The minimum absolute atomic E-state index is 0.0782. The highest BCUT2D eigenvalue weighted by Crippen LogP contribution is 2.22. The summed E-state index contributed by atoms with van der Waals surface area (Å²) in [5, 5.41) is 11.2. The molecule has 0 bridgehead atoms. The third-order valence-electron chi connectivity index (χ3n) is 3.81. The number of carbonyl (C=O) groups is 1. The van der Waals surface area contributed by atoms with Crippen LogP contribution in [0.2, 0.25) is 0 Å². The van der Waals surface area contributed by atoms with Crippen LogP contribution in [0.1, 0.15) is 16.3 Å². The van der Waals surface area contributed by atoms with E-state index in [1.54, 1.807) is 16.2 Å². The van der Waals surface area contributed by atoms with Gasteiger partial charge < -0.3 is 4.90 Å². The summed E-state index contributed by atoms with van der Waals surface area (Å²) in [5.41, 5.74) is 2.21. The average molecular weight is 373 g/mol. The number of hydrogen-bond donors (Lipinski definition) is 0. The lowest BCUT2D eigenvalue weighted by molar-refractivity contribution is -0.127. The van der Waals surface area contributed by atoms with Gasteiger partial charge in [0.15, 0.2) is 5.16 Å². The molecule has 0 aliphatic heterocycles. The van der Waals surface area contributed by atoms with Crippen molar-refractivity contribution in [3.63, 3.8) is 0 Å². The largest absolute Gasteiger partial charge is 0.340 e. The molecule has 0 saturated carbocycles. The average Bonchev–Trinajstić information content (AvgIpc) is 3.23. The van der Waals surface area contributed by atoms with E-state index in [1.807, 2.05) is 48.2 Å². The van der Waals surface area contributed by atoms with Crippen LogP contribution in [0.3, 0.4) is 0 Å². The van der Waals surface area contributed by atoms with E-state index in [9.17, 15) is 4.79 Å². The lowest BCUT2D eigenvalue weighted by Gasteiger charge is -2.16. The molecule has 0 spiro atoms. The number of amides is 1. The SMILES string of the molecule is Cc1ccc(-n2c(C)nnc2SCC(=O)N(C)Cc2cccs2)cc1. The molecule has 2 aromatic heterocycles. The topological polar surface area (TPSA) is 51.0 Å². The van der Waals surface area contributed by atoms with Crippen molar-refractivity contribution < 1.29 is 4.79 Å². The number of nitrogens with zero attached hydrogens (tertiary/aromatic N) is 4. The minimum atomic E-state index is 0.0782. The Morgan fingerprint density at radius 1 is 1.20 bits per heavy atom. The fraction of sp³-hybridized carbons (Fsp3) is 0.278. The van der Waals surface area contributed by atoms with Gasteiger partial charge in [-0.25, -0.2) is 0 Å². The molecule has 2 heterocycles. The monoisotopic (exact) mass is 372 g/mol. The highest BCUT2D eigenvalue weighted by Gasteiger charge is 2.15. The molecule has 1 aromatic carbocycles. The summed E-state index contributed by atoms with van der Waals surface area (Å²) >= 11 is 3.08. The van der Waals surface area contributed by atoms with Crippen molar-refractivity contribution in [3.8, 4) is 5.69 Å². The summed E-state index contributed by atoms with van der Waals surface area (Å²) < 4.78 is 1.98. The van der Waals surface area contributed by atoms with E-state index < -0.39 is 0 Å². The first-order chi connectivity index (χ1) is 12.0. The molecule has 0 radical (unpaired) electrons. The highest BCUT2D eigenvalue weighted by atomic mass is 32.2. The standard InChI is InChI=1S/C18H20N4OS2/c1-13-6-8-15(9-7-13)22-14(2)19-20-18(22)25-12-17(23)21(3)11-16-5-4-10-24-16/h4-10H,11-12H2,1-3H3. The Bertz CT molecular complexity index is 841. The van der Waals surface area contributed by atoms with Crippen LogP contribution in [-0.4, -0.2) is 38.4 Å². The first-order valence-corrected chi connectivity index (χ1v) is 9.79. The molecule has 0 unspecified atom stereocenters. The van der Waals surface area contributed by atoms with Crippen LogP contribution in [0.15, 0.2) is 46.9 Å². The lowest BCUT2D eigenvalue weighted by atomic mass is 10.2. The maximum atomic E-state index is 12.4. The molecule has 7 heteroatoms. The third kappa shape index (κ3) is 4.29. The molecule has 1 amide bonds. The van der Waals surface area contributed by atoms with Crippen molar-refractivity contribution in [2.45, 2.75) is 25.5 Å². The Hall–Kier alpha value is -2.12. The van der Waals surface area contributed by atoms with Crippen molar-refractivity contribution in [1.82, 2.24) is 19.7 Å². The molecule has 130 valence electrons. The van der Waals surface area contributed by atoms with Crippen LogP contribution in [0, 0.1) is 13.8 Å². The molecule has 0 N–H and O–H groups in total. The number of hydrogen-bond acceptors (Lipinski definition) is 5. The van der Waals surface area contributed by atoms with E-state index in [4.69, 9.17) is 0 Å². The van der Waals surface area contributed by atoms with Crippen molar-refractivity contribution in [3.05, 3.63) is 58.0 Å². The Labute approximate surface area is 155 Å². The fourth-order valence-electron chi connectivity index (χ4n) is 2.39. The van der Waals surface area contributed by atoms with E-state index >= 15 is 0 Å². The normalized spacial score (nSPS) is 10.8. The second kappa shape index (κ2) is 7.84. The fourth-order valence-corrected chi connectivity index (χ4v) is 4.08. The van der Waals surface area contributed by atoms with E-state index in [-0.39, 0.29) is 5.91 Å². The number of carbonyl (C=O) groups excluding carboxylic acids is 1. The van der Waals surface area contributed by atoms with Gasteiger partial charge >= 0.3 is 0 Å². The Balaban J connectivity index is 1.67. The van der Waals surface area contributed by atoms with Crippen LogP contribution in [-0.2, 0) is 11.3 Å². The summed E-state index contributed by atoms with van der Waals surface area (Å²) in [5.74, 6) is 1.23. The van der Waals surface area contributed by atoms with Crippen molar-refractivity contribution in [2.75, 3.05) is 12.8 Å². The van der Waals surface area contributed by atoms with Crippen LogP contribution in [0.4, 0.5) is 0 Å². The minimum Gasteiger partial charge on any atom is -0.340 e. The zero-order valence-corrected chi connectivity index (χ0v) is 16.1. The van der Waals surface area contributed by atoms with Gasteiger partial charge in [-0.05, 0) is 37.4 Å². The van der Waals surface area contributed by atoms with Crippen LogP contribution in [0.5, 0.6) is 0 Å². The van der Waals surface area contributed by atoms with Gasteiger partial charge in [0, 0.05) is 17.6 Å². The molecular weight excluding hydrogens is 352 g/mol. The number of aromatic nitrogens is 3. The van der Waals surface area contributed by atoms with Crippen molar-refractivity contribution in [1.29, 1.82) is 0 Å². The Morgan fingerprint density at radius 2 is 1.96 bits per heavy atom. The van der Waals surface area contributed by atoms with Gasteiger partial charge in [0.05, 0.1) is 12.3 Å². The summed E-state index contributed by atoms with van der Waals surface area (Å²) in [6.45, 7) is 4.61. The molecule has 0 atom stereocenters. The van der Waals surface area contributed by atoms with E-state index in [0.717, 1.165) is 16.7 Å². The van der Waals surface area contributed by atoms with Crippen molar-refractivity contribution in [2.24, 2.45) is 0 Å². The molecule has 3 rings (SSSR count). The first-order valence-electron chi connectivity index (χ1n) is 7.93. The maximum Gasteiger partial charge on any atom is 0.233 e. The highest BCUT2D eigenvalue weighted by molar-refractivity contribution is 7.99. The molecule has 3 aromatic rings. The first kappa shape index (κ1) is 17.7. The smallest absolute Gasteiger partial charge is 0.233 e. The summed E-state index contributed by atoms with van der Waals surface area (Å²) in [7, 11) is 1.83. The van der Waals surface area contributed by atoms with E-state index in [0.29, 0.717) is 12.3 Å². The molecule has 5 nitrogen and oxygen atoms in total.